The quantitative estimate of drug-likeness (QED) is 0.196. The van der Waals surface area contributed by atoms with Crippen molar-refractivity contribution < 1.29 is 24.3 Å². The van der Waals surface area contributed by atoms with E-state index in [4.69, 9.17) is 11.6 Å². The molecule has 51 heavy (non-hydrogen) atoms. The Labute approximate surface area is 303 Å². The molecule has 2 N–H and O–H groups in total. The average Bonchev–Trinajstić information content (AvgIpc) is 3.26. The van der Waals surface area contributed by atoms with Gasteiger partial charge in [-0.3, -0.25) is 19.2 Å². The lowest BCUT2D eigenvalue weighted by Gasteiger charge is -2.27. The van der Waals surface area contributed by atoms with Crippen molar-refractivity contribution in [3.05, 3.63) is 147 Å². The SMILES string of the molecule is Cc1ccccc1C(=O)Nc1ccc(C(=O)N(C(=O)C2=CC=CCC2C)c2ccc(C(=O)N3CCCC(O)c4cc(Cl)ccc43)c(C)c2)c(C)c1. The molecule has 9 heteroatoms. The molecule has 0 saturated heterocycles. The second-order valence-electron chi connectivity index (χ2n) is 13.2. The van der Waals surface area contributed by atoms with Crippen LogP contribution in [-0.4, -0.2) is 35.3 Å². The van der Waals surface area contributed by atoms with Crippen LogP contribution in [0.5, 0.6) is 0 Å². The number of amides is 4. The number of aliphatic hydroxyl groups excluding tert-OH is 1. The van der Waals surface area contributed by atoms with Crippen LogP contribution in [0.2, 0.25) is 5.02 Å². The summed E-state index contributed by atoms with van der Waals surface area (Å²) in [6.45, 7) is 7.77. The third kappa shape index (κ3) is 7.29. The number of imide groups is 1. The van der Waals surface area contributed by atoms with Gasteiger partial charge < -0.3 is 15.3 Å². The van der Waals surface area contributed by atoms with Crippen molar-refractivity contribution in [3.8, 4) is 0 Å². The molecular formula is C42H40ClN3O5. The van der Waals surface area contributed by atoms with Crippen LogP contribution < -0.4 is 15.1 Å². The van der Waals surface area contributed by atoms with E-state index in [-0.39, 0.29) is 17.7 Å². The molecule has 0 saturated carbocycles. The van der Waals surface area contributed by atoms with E-state index in [2.05, 4.69) is 5.32 Å². The lowest BCUT2D eigenvalue weighted by Crippen LogP contribution is -2.40. The van der Waals surface area contributed by atoms with E-state index >= 15 is 0 Å². The molecule has 8 nitrogen and oxygen atoms in total. The fraction of sp³-hybridized carbons (Fsp3) is 0.238. The van der Waals surface area contributed by atoms with E-state index in [1.54, 1.807) is 91.6 Å². The molecule has 4 aromatic rings. The van der Waals surface area contributed by atoms with Gasteiger partial charge in [0.15, 0.2) is 0 Å². The Kier molecular flexibility index (Phi) is 10.4. The summed E-state index contributed by atoms with van der Waals surface area (Å²) in [5, 5.41) is 14.1. The molecule has 4 amide bonds. The number of carbonyl (C=O) groups excluding carboxylic acids is 4. The van der Waals surface area contributed by atoms with Crippen LogP contribution >= 0.6 is 11.6 Å². The molecule has 0 spiro atoms. The van der Waals surface area contributed by atoms with Crippen molar-refractivity contribution in [2.24, 2.45) is 5.92 Å². The molecular weight excluding hydrogens is 662 g/mol. The van der Waals surface area contributed by atoms with Gasteiger partial charge in [0, 0.05) is 50.8 Å². The van der Waals surface area contributed by atoms with Gasteiger partial charge in [-0.15, -0.1) is 0 Å². The summed E-state index contributed by atoms with van der Waals surface area (Å²) >= 11 is 6.24. The summed E-state index contributed by atoms with van der Waals surface area (Å²) in [6, 6.07) is 22.4. The van der Waals surface area contributed by atoms with Crippen LogP contribution in [0.3, 0.4) is 0 Å². The van der Waals surface area contributed by atoms with E-state index in [9.17, 15) is 24.3 Å². The van der Waals surface area contributed by atoms with Crippen molar-refractivity contribution in [3.63, 3.8) is 0 Å². The van der Waals surface area contributed by atoms with Crippen LogP contribution in [0.1, 0.15) is 85.6 Å². The first kappa shape index (κ1) is 35.5. The number of nitrogens with one attached hydrogen (secondary N) is 1. The summed E-state index contributed by atoms with van der Waals surface area (Å²) in [7, 11) is 0. The number of nitrogens with zero attached hydrogens (tertiary/aromatic N) is 2. The first-order valence-corrected chi connectivity index (χ1v) is 17.5. The molecule has 1 heterocycles. The Morgan fingerprint density at radius 2 is 1.59 bits per heavy atom. The Balaban J connectivity index is 1.34. The largest absolute Gasteiger partial charge is 0.388 e. The molecule has 6 rings (SSSR count). The number of allylic oxidation sites excluding steroid dienone is 3. The number of anilines is 3. The molecule has 0 bridgehead atoms. The number of aliphatic hydroxyl groups is 1. The summed E-state index contributed by atoms with van der Waals surface area (Å²) in [6.07, 6.45) is 6.58. The highest BCUT2D eigenvalue weighted by molar-refractivity contribution is 6.31. The zero-order valence-electron chi connectivity index (χ0n) is 29.1. The Hall–Kier alpha value is -5.31. The monoisotopic (exact) mass is 701 g/mol. The van der Waals surface area contributed by atoms with Gasteiger partial charge in [-0.25, -0.2) is 4.90 Å². The van der Waals surface area contributed by atoms with Gasteiger partial charge in [-0.05, 0) is 123 Å². The van der Waals surface area contributed by atoms with Crippen molar-refractivity contribution in [2.75, 3.05) is 21.7 Å². The van der Waals surface area contributed by atoms with Gasteiger partial charge >= 0.3 is 0 Å². The molecule has 260 valence electrons. The molecule has 1 aliphatic heterocycles. The molecule has 0 fully saturated rings. The Morgan fingerprint density at radius 3 is 2.31 bits per heavy atom. The zero-order chi connectivity index (χ0) is 36.4. The molecule has 4 aromatic carbocycles. The maximum Gasteiger partial charge on any atom is 0.265 e. The maximum atomic E-state index is 14.4. The highest BCUT2D eigenvalue weighted by atomic mass is 35.5. The number of benzene rings is 4. The number of carbonyl (C=O) groups is 4. The van der Waals surface area contributed by atoms with Gasteiger partial charge in [0.2, 0.25) is 0 Å². The molecule has 2 atom stereocenters. The summed E-state index contributed by atoms with van der Waals surface area (Å²) < 4.78 is 0. The fourth-order valence-corrected chi connectivity index (χ4v) is 6.93. The van der Waals surface area contributed by atoms with E-state index < -0.39 is 17.9 Å². The summed E-state index contributed by atoms with van der Waals surface area (Å²) in [5.74, 6) is -1.59. The summed E-state index contributed by atoms with van der Waals surface area (Å²) in [5.41, 5.74) is 5.83. The van der Waals surface area contributed by atoms with Gasteiger partial charge in [0.05, 0.1) is 11.8 Å². The van der Waals surface area contributed by atoms with Gasteiger partial charge in [-0.2, -0.15) is 0 Å². The third-order valence-electron chi connectivity index (χ3n) is 9.63. The van der Waals surface area contributed by atoms with Gasteiger partial charge in [-0.1, -0.05) is 55.0 Å². The minimum Gasteiger partial charge on any atom is -0.388 e. The third-order valence-corrected chi connectivity index (χ3v) is 9.87. The lowest BCUT2D eigenvalue weighted by atomic mass is 9.91. The highest BCUT2D eigenvalue weighted by Gasteiger charge is 2.32. The predicted octanol–water partition coefficient (Wildman–Crippen LogP) is 8.69. The van der Waals surface area contributed by atoms with E-state index in [1.807, 2.05) is 38.1 Å². The van der Waals surface area contributed by atoms with Gasteiger partial charge in [0.1, 0.15) is 0 Å². The van der Waals surface area contributed by atoms with Crippen molar-refractivity contribution in [1.29, 1.82) is 0 Å². The van der Waals surface area contributed by atoms with Crippen LogP contribution in [0.4, 0.5) is 17.1 Å². The van der Waals surface area contributed by atoms with Crippen molar-refractivity contribution in [2.45, 2.75) is 53.1 Å². The van der Waals surface area contributed by atoms with Crippen LogP contribution in [-0.2, 0) is 4.79 Å². The number of rotatable bonds is 6. The maximum absolute atomic E-state index is 14.4. The number of halogens is 1. The normalized spacial score (nSPS) is 16.8. The zero-order valence-corrected chi connectivity index (χ0v) is 29.8. The first-order valence-electron chi connectivity index (χ1n) is 17.1. The number of aryl methyl sites for hydroxylation is 3. The topological polar surface area (TPSA) is 107 Å². The molecule has 0 aromatic heterocycles. The first-order chi connectivity index (χ1) is 24.4. The highest BCUT2D eigenvalue weighted by Crippen LogP contribution is 2.36. The smallest absolute Gasteiger partial charge is 0.265 e. The minimum absolute atomic E-state index is 0.105. The second kappa shape index (κ2) is 14.9. The predicted molar refractivity (Wildman–Crippen MR) is 202 cm³/mol. The van der Waals surface area contributed by atoms with Gasteiger partial charge in [0.25, 0.3) is 23.6 Å². The molecule has 0 radical (unpaired) electrons. The number of hydrogen-bond acceptors (Lipinski definition) is 5. The van der Waals surface area contributed by atoms with E-state index in [0.29, 0.717) is 86.8 Å². The summed E-state index contributed by atoms with van der Waals surface area (Å²) in [4.78, 5) is 58.6. The fourth-order valence-electron chi connectivity index (χ4n) is 6.75. The van der Waals surface area contributed by atoms with E-state index in [0.717, 1.165) is 5.56 Å². The van der Waals surface area contributed by atoms with Crippen molar-refractivity contribution in [1.82, 2.24) is 0 Å². The molecule has 2 unspecified atom stereocenters. The molecule has 1 aliphatic carbocycles. The number of fused-ring (bicyclic) bond motifs is 1. The van der Waals surface area contributed by atoms with Crippen LogP contribution in [0, 0.1) is 26.7 Å². The minimum atomic E-state index is -0.737. The molecule has 2 aliphatic rings. The van der Waals surface area contributed by atoms with E-state index in [1.165, 1.54) is 4.90 Å². The number of hydrogen-bond donors (Lipinski definition) is 2. The standard InChI is InChI=1S/C42H40ClN3O5/c1-25-10-5-7-12-32(25)39(48)44-30-16-18-35(27(3)22-30)42(51)46(41(50)33-13-8-6-11-26(33)2)31-17-19-34(28(4)23-31)40(49)45-21-9-14-38(47)36-24-29(43)15-20-37(36)45/h5-8,10,12-13,15-20,22-24,26,38,47H,9,11,14,21H2,1-4H3,(H,44,48). The van der Waals surface area contributed by atoms with Crippen LogP contribution in [0.25, 0.3) is 0 Å². The van der Waals surface area contributed by atoms with Crippen LogP contribution in [0.15, 0.2) is 103 Å². The Bertz CT molecular complexity index is 2120. The lowest BCUT2D eigenvalue weighted by molar-refractivity contribution is -0.115. The Morgan fingerprint density at radius 1 is 0.843 bits per heavy atom. The second-order valence-corrected chi connectivity index (χ2v) is 13.7. The average molecular weight is 702 g/mol. The van der Waals surface area contributed by atoms with Crippen molar-refractivity contribution >= 4 is 52.3 Å².